The molecule has 0 heterocycles. The van der Waals surface area contributed by atoms with Gasteiger partial charge in [-0.15, -0.1) is 0 Å². The Labute approximate surface area is 107 Å². The van der Waals surface area contributed by atoms with Crippen LogP contribution in [-0.2, 0) is 0 Å². The second-order valence-electron chi connectivity index (χ2n) is 3.58. The first-order chi connectivity index (χ1) is 7.97. The molecular formula is C17H26. The van der Waals surface area contributed by atoms with Gasteiger partial charge in [0.1, 0.15) is 0 Å². The van der Waals surface area contributed by atoms with Crippen LogP contribution in [0.4, 0.5) is 0 Å². The van der Waals surface area contributed by atoms with Gasteiger partial charge in [-0.05, 0) is 24.5 Å². The van der Waals surface area contributed by atoms with Crippen molar-refractivity contribution >= 4 is 0 Å². The zero-order valence-electron chi connectivity index (χ0n) is 11.8. The van der Waals surface area contributed by atoms with Gasteiger partial charge in [0.25, 0.3) is 0 Å². The van der Waals surface area contributed by atoms with Gasteiger partial charge in [0.15, 0.2) is 0 Å². The molecule has 94 valence electrons. The maximum atomic E-state index is 3.93. The van der Waals surface area contributed by atoms with Crippen molar-refractivity contribution in [1.82, 2.24) is 0 Å². The van der Waals surface area contributed by atoms with E-state index in [0.717, 1.165) is 28.7 Å². The Kier molecular flexibility index (Phi) is 11.5. The van der Waals surface area contributed by atoms with Gasteiger partial charge in [0, 0.05) is 0 Å². The van der Waals surface area contributed by atoms with Crippen molar-refractivity contribution in [1.29, 1.82) is 0 Å². The van der Waals surface area contributed by atoms with Crippen LogP contribution < -0.4 is 0 Å². The molecule has 0 nitrogen and oxygen atoms in total. The lowest BCUT2D eigenvalue weighted by Gasteiger charge is -1.99. The zero-order chi connectivity index (χ0) is 13.8. The summed E-state index contributed by atoms with van der Waals surface area (Å²) in [5.74, 6) is 0. The highest BCUT2D eigenvalue weighted by Crippen LogP contribution is 2.11. The van der Waals surface area contributed by atoms with Crippen LogP contribution in [0.15, 0.2) is 72.9 Å². The maximum Gasteiger partial charge on any atom is -0.0262 e. The maximum absolute atomic E-state index is 3.93. The standard InChI is InChI=1S/C15H20.C2H6/c1-7-13(4)9-11-15(6)14(5)10-8-12(2)3;1-2/h8-11H,2,4-7H2,1,3H3;1-2H3/b10-8-,11-9-;. The Morgan fingerprint density at radius 3 is 1.59 bits per heavy atom. The fourth-order valence-electron chi connectivity index (χ4n) is 0.793. The van der Waals surface area contributed by atoms with Gasteiger partial charge in [-0.3, -0.25) is 0 Å². The Bertz CT molecular complexity index is 335. The van der Waals surface area contributed by atoms with Crippen molar-refractivity contribution in [2.24, 2.45) is 0 Å². The Morgan fingerprint density at radius 1 is 0.824 bits per heavy atom. The Hall–Kier alpha value is -1.56. The van der Waals surface area contributed by atoms with E-state index in [1.807, 2.05) is 45.1 Å². The summed E-state index contributed by atoms with van der Waals surface area (Å²) in [6.45, 7) is 23.5. The summed E-state index contributed by atoms with van der Waals surface area (Å²) in [4.78, 5) is 0. The normalized spacial score (nSPS) is 9.88. The molecule has 0 saturated heterocycles. The van der Waals surface area contributed by atoms with E-state index < -0.39 is 0 Å². The molecule has 0 aromatic heterocycles. The predicted molar refractivity (Wildman–Crippen MR) is 82.2 cm³/mol. The van der Waals surface area contributed by atoms with Gasteiger partial charge in [-0.2, -0.15) is 0 Å². The highest BCUT2D eigenvalue weighted by atomic mass is 14.0. The second-order valence-corrected chi connectivity index (χ2v) is 3.58. The lowest BCUT2D eigenvalue weighted by molar-refractivity contribution is 1.16. The molecule has 0 saturated carbocycles. The first-order valence-corrected chi connectivity index (χ1v) is 6.05. The first kappa shape index (κ1) is 17.8. The van der Waals surface area contributed by atoms with E-state index in [2.05, 4.69) is 33.2 Å². The minimum absolute atomic E-state index is 0.901. The fraction of sp³-hybridized carbons (Fsp3) is 0.294. The SMILES string of the molecule is C=C(C)/C=C\C(=C)C(=C)/C=C\C(=C)CC.CC. The summed E-state index contributed by atoms with van der Waals surface area (Å²) in [5.41, 5.74) is 3.90. The van der Waals surface area contributed by atoms with Crippen LogP contribution in [0.3, 0.4) is 0 Å². The molecule has 17 heavy (non-hydrogen) atoms. The van der Waals surface area contributed by atoms with Gasteiger partial charge in [-0.25, -0.2) is 0 Å². The van der Waals surface area contributed by atoms with Crippen LogP contribution in [0.2, 0.25) is 0 Å². The summed E-state index contributed by atoms with van der Waals surface area (Å²) < 4.78 is 0. The van der Waals surface area contributed by atoms with Gasteiger partial charge in [0.05, 0.1) is 0 Å². The molecule has 0 amide bonds. The van der Waals surface area contributed by atoms with E-state index in [0.29, 0.717) is 0 Å². The van der Waals surface area contributed by atoms with Crippen molar-refractivity contribution < 1.29 is 0 Å². The summed E-state index contributed by atoms with van der Waals surface area (Å²) in [6.07, 6.45) is 8.72. The third kappa shape index (κ3) is 10.7. The van der Waals surface area contributed by atoms with Crippen LogP contribution in [0.25, 0.3) is 0 Å². The van der Waals surface area contributed by atoms with Crippen LogP contribution >= 0.6 is 0 Å². The topological polar surface area (TPSA) is 0 Å². The van der Waals surface area contributed by atoms with Gasteiger partial charge >= 0.3 is 0 Å². The Morgan fingerprint density at radius 2 is 1.24 bits per heavy atom. The van der Waals surface area contributed by atoms with E-state index in [-0.39, 0.29) is 0 Å². The molecular weight excluding hydrogens is 204 g/mol. The molecule has 0 radical (unpaired) electrons. The van der Waals surface area contributed by atoms with Gasteiger partial charge in [0.2, 0.25) is 0 Å². The number of rotatable bonds is 6. The number of hydrogen-bond donors (Lipinski definition) is 0. The smallest absolute Gasteiger partial charge is 0.0262 e. The molecule has 0 aromatic rings. The fourth-order valence-corrected chi connectivity index (χ4v) is 0.793. The second kappa shape index (κ2) is 10.9. The average molecular weight is 230 g/mol. The molecule has 0 aromatic carbocycles. The molecule has 0 aliphatic heterocycles. The third-order valence-corrected chi connectivity index (χ3v) is 1.96. The van der Waals surface area contributed by atoms with Crippen LogP contribution in [0.1, 0.15) is 34.1 Å². The van der Waals surface area contributed by atoms with Crippen molar-refractivity contribution in [2.45, 2.75) is 34.1 Å². The lowest BCUT2D eigenvalue weighted by atomic mass is 10.1. The summed E-state index contributed by atoms with van der Waals surface area (Å²) in [6, 6.07) is 0. The molecule has 0 bridgehead atoms. The highest BCUT2D eigenvalue weighted by molar-refractivity contribution is 5.45. The molecule has 0 aliphatic rings. The Balaban J connectivity index is 0. The minimum atomic E-state index is 0.901. The molecule has 0 unspecified atom stereocenters. The molecule has 0 rings (SSSR count). The van der Waals surface area contributed by atoms with Gasteiger partial charge < -0.3 is 0 Å². The van der Waals surface area contributed by atoms with E-state index in [9.17, 15) is 0 Å². The van der Waals surface area contributed by atoms with Crippen molar-refractivity contribution in [3.63, 3.8) is 0 Å². The molecule has 0 N–H and O–H groups in total. The van der Waals surface area contributed by atoms with Crippen LogP contribution in [-0.4, -0.2) is 0 Å². The molecule has 0 aliphatic carbocycles. The van der Waals surface area contributed by atoms with E-state index in [1.165, 1.54) is 0 Å². The molecule has 0 atom stereocenters. The van der Waals surface area contributed by atoms with E-state index in [4.69, 9.17) is 0 Å². The van der Waals surface area contributed by atoms with Crippen LogP contribution in [0, 0.1) is 0 Å². The first-order valence-electron chi connectivity index (χ1n) is 6.05. The molecule has 0 heteroatoms. The van der Waals surface area contributed by atoms with Crippen molar-refractivity contribution in [3.05, 3.63) is 72.9 Å². The summed E-state index contributed by atoms with van der Waals surface area (Å²) in [7, 11) is 0. The number of hydrogen-bond acceptors (Lipinski definition) is 0. The highest BCUT2D eigenvalue weighted by Gasteiger charge is 1.91. The molecule has 0 fully saturated rings. The monoisotopic (exact) mass is 230 g/mol. The number of allylic oxidation sites excluding steroid dienone is 8. The largest absolute Gasteiger partial charge is 0.0961 e. The van der Waals surface area contributed by atoms with Crippen LogP contribution in [0.5, 0.6) is 0 Å². The van der Waals surface area contributed by atoms with Crippen molar-refractivity contribution in [2.75, 3.05) is 0 Å². The average Bonchev–Trinajstić information content (AvgIpc) is 2.34. The van der Waals surface area contributed by atoms with Gasteiger partial charge in [-0.1, -0.05) is 82.5 Å². The molecule has 0 spiro atoms. The van der Waals surface area contributed by atoms with Crippen molar-refractivity contribution in [3.8, 4) is 0 Å². The predicted octanol–water partition coefficient (Wildman–Crippen LogP) is 5.78. The summed E-state index contributed by atoms with van der Waals surface area (Å²) >= 11 is 0. The quantitative estimate of drug-likeness (QED) is 0.507. The lowest BCUT2D eigenvalue weighted by Crippen LogP contribution is -1.79. The van der Waals surface area contributed by atoms with E-state index >= 15 is 0 Å². The summed E-state index contributed by atoms with van der Waals surface area (Å²) in [5, 5.41) is 0. The zero-order valence-corrected chi connectivity index (χ0v) is 11.8. The van der Waals surface area contributed by atoms with E-state index in [1.54, 1.807) is 0 Å². The minimum Gasteiger partial charge on any atom is -0.0961 e. The third-order valence-electron chi connectivity index (χ3n) is 1.96.